The quantitative estimate of drug-likeness (QED) is 0.420. The van der Waals surface area contributed by atoms with E-state index in [9.17, 15) is 4.79 Å². The van der Waals surface area contributed by atoms with Crippen molar-refractivity contribution in [2.45, 2.75) is 6.54 Å². The van der Waals surface area contributed by atoms with E-state index < -0.39 is 5.91 Å². The van der Waals surface area contributed by atoms with Crippen LogP contribution in [0.5, 0.6) is 0 Å². The molecule has 2 aromatic carbocycles. The molecule has 0 aliphatic heterocycles. The number of nitrogens with one attached hydrogen (secondary N) is 1. The largest absolute Gasteiger partial charge is 0.355 e. The van der Waals surface area contributed by atoms with Gasteiger partial charge < -0.3 is 9.84 Å². The molecule has 2 aromatic heterocycles. The Morgan fingerprint density at radius 1 is 1.00 bits per heavy atom. The molecule has 0 radical (unpaired) electrons. The third-order valence-corrected chi connectivity index (χ3v) is 4.88. The van der Waals surface area contributed by atoms with Gasteiger partial charge in [0.15, 0.2) is 17.3 Å². The van der Waals surface area contributed by atoms with Crippen LogP contribution in [-0.2, 0) is 6.54 Å². The molecule has 9 heteroatoms. The summed E-state index contributed by atoms with van der Waals surface area (Å²) >= 11 is 18.0. The Morgan fingerprint density at radius 3 is 2.52 bits per heavy atom. The molecule has 0 aliphatic rings. The monoisotopic (exact) mass is 446 g/mol. The van der Waals surface area contributed by atoms with E-state index >= 15 is 0 Å². The number of amides is 1. The Bertz CT molecular complexity index is 1170. The highest BCUT2D eigenvalue weighted by molar-refractivity contribution is 6.36. The van der Waals surface area contributed by atoms with E-state index in [0.29, 0.717) is 38.8 Å². The average Bonchev–Trinajstić information content (AvgIpc) is 3.33. The topological polar surface area (TPSA) is 73.0 Å². The number of anilines is 1. The minimum Gasteiger partial charge on any atom is -0.355 e. The summed E-state index contributed by atoms with van der Waals surface area (Å²) in [6.07, 6.45) is 1.77. The number of hydrogen-bond donors (Lipinski definition) is 1. The SMILES string of the molecule is O=C(Nc1ccn(Cc2ccc(Cl)cc2)n1)c1cc(-c2ccc(Cl)cc2Cl)on1. The molecule has 0 aliphatic carbocycles. The number of hydrogen-bond acceptors (Lipinski definition) is 4. The van der Waals surface area contributed by atoms with Gasteiger partial charge in [0.05, 0.1) is 11.6 Å². The number of benzene rings is 2. The Labute approximate surface area is 181 Å². The predicted molar refractivity (Wildman–Crippen MR) is 113 cm³/mol. The molecule has 0 spiro atoms. The van der Waals surface area contributed by atoms with Crippen LogP contribution in [0, 0.1) is 0 Å². The van der Waals surface area contributed by atoms with Gasteiger partial charge in [0.25, 0.3) is 5.91 Å². The minimum atomic E-state index is -0.443. The van der Waals surface area contributed by atoms with E-state index in [4.69, 9.17) is 39.3 Å². The van der Waals surface area contributed by atoms with E-state index in [2.05, 4.69) is 15.6 Å². The Hall–Kier alpha value is -2.80. The summed E-state index contributed by atoms with van der Waals surface area (Å²) < 4.78 is 6.96. The van der Waals surface area contributed by atoms with Crippen LogP contribution < -0.4 is 5.32 Å². The Morgan fingerprint density at radius 2 is 1.76 bits per heavy atom. The summed E-state index contributed by atoms with van der Waals surface area (Å²) in [4.78, 5) is 12.5. The molecule has 0 unspecified atom stereocenters. The average molecular weight is 448 g/mol. The van der Waals surface area contributed by atoms with E-state index in [0.717, 1.165) is 5.56 Å². The van der Waals surface area contributed by atoms with Gasteiger partial charge >= 0.3 is 0 Å². The summed E-state index contributed by atoms with van der Waals surface area (Å²) in [5.41, 5.74) is 1.74. The van der Waals surface area contributed by atoms with E-state index in [1.54, 1.807) is 35.1 Å². The van der Waals surface area contributed by atoms with Crippen LogP contribution in [0.3, 0.4) is 0 Å². The van der Waals surface area contributed by atoms with E-state index in [-0.39, 0.29) is 5.69 Å². The van der Waals surface area contributed by atoms with Crippen LogP contribution in [-0.4, -0.2) is 20.8 Å². The minimum absolute atomic E-state index is 0.110. The first-order chi connectivity index (χ1) is 14.0. The molecule has 146 valence electrons. The zero-order chi connectivity index (χ0) is 20.4. The molecule has 6 nitrogen and oxygen atoms in total. The standard InChI is InChI=1S/C20H13Cl3N4O2/c21-13-3-1-12(2-4-13)11-27-8-7-19(25-27)24-20(28)17-10-18(29-26-17)15-6-5-14(22)9-16(15)23/h1-10H,11H2,(H,24,25,28). The van der Waals surface area contributed by atoms with Crippen molar-refractivity contribution in [3.63, 3.8) is 0 Å². The van der Waals surface area contributed by atoms with Crippen LogP contribution in [0.2, 0.25) is 15.1 Å². The van der Waals surface area contributed by atoms with Crippen LogP contribution in [0.15, 0.2) is 65.3 Å². The molecule has 2 heterocycles. The molecule has 1 N–H and O–H groups in total. The fraction of sp³-hybridized carbons (Fsp3) is 0.0500. The maximum absolute atomic E-state index is 12.5. The molecule has 0 atom stereocenters. The zero-order valence-corrected chi connectivity index (χ0v) is 17.0. The molecule has 4 aromatic rings. The van der Waals surface area contributed by atoms with Crippen molar-refractivity contribution in [3.05, 3.63) is 87.1 Å². The third-order valence-electron chi connectivity index (χ3n) is 4.08. The van der Waals surface area contributed by atoms with Crippen LogP contribution >= 0.6 is 34.8 Å². The summed E-state index contributed by atoms with van der Waals surface area (Å²) in [5, 5.41) is 12.4. The van der Waals surface area contributed by atoms with Gasteiger partial charge in [0.1, 0.15) is 0 Å². The summed E-state index contributed by atoms with van der Waals surface area (Å²) in [7, 11) is 0. The maximum Gasteiger partial charge on any atom is 0.279 e. The highest BCUT2D eigenvalue weighted by Crippen LogP contribution is 2.30. The zero-order valence-electron chi connectivity index (χ0n) is 14.8. The van der Waals surface area contributed by atoms with Gasteiger partial charge in [-0.1, -0.05) is 52.1 Å². The van der Waals surface area contributed by atoms with Crippen molar-refractivity contribution in [2.75, 3.05) is 5.32 Å². The Balaban J connectivity index is 1.44. The third kappa shape index (κ3) is 4.62. The lowest BCUT2D eigenvalue weighted by molar-refractivity contribution is 0.101. The molecule has 0 saturated carbocycles. The van der Waals surface area contributed by atoms with Gasteiger partial charge in [-0.15, -0.1) is 0 Å². The lowest BCUT2D eigenvalue weighted by atomic mass is 10.1. The first kappa shape index (κ1) is 19.5. The van der Waals surface area contributed by atoms with E-state index in [1.165, 1.54) is 6.07 Å². The van der Waals surface area contributed by atoms with Crippen LogP contribution in [0.1, 0.15) is 16.1 Å². The predicted octanol–water partition coefficient (Wildman–Crippen LogP) is 5.80. The molecule has 0 saturated heterocycles. The smallest absolute Gasteiger partial charge is 0.279 e. The second kappa shape index (κ2) is 8.29. The molecular weight excluding hydrogens is 435 g/mol. The van der Waals surface area contributed by atoms with Gasteiger partial charge in [-0.3, -0.25) is 9.48 Å². The van der Waals surface area contributed by atoms with Gasteiger partial charge in [-0.25, -0.2) is 0 Å². The number of rotatable bonds is 5. The molecular formula is C20H13Cl3N4O2. The van der Waals surface area contributed by atoms with Crippen molar-refractivity contribution < 1.29 is 9.32 Å². The van der Waals surface area contributed by atoms with Crippen molar-refractivity contribution in [3.8, 4) is 11.3 Å². The molecule has 4 rings (SSSR count). The van der Waals surface area contributed by atoms with Crippen molar-refractivity contribution in [2.24, 2.45) is 0 Å². The van der Waals surface area contributed by atoms with Crippen molar-refractivity contribution in [1.29, 1.82) is 0 Å². The summed E-state index contributed by atoms with van der Waals surface area (Å²) in [6, 6.07) is 15.6. The molecule has 1 amide bonds. The van der Waals surface area contributed by atoms with Crippen molar-refractivity contribution >= 4 is 46.5 Å². The van der Waals surface area contributed by atoms with Gasteiger partial charge in [-0.2, -0.15) is 5.10 Å². The normalized spacial score (nSPS) is 10.9. The maximum atomic E-state index is 12.5. The number of aromatic nitrogens is 3. The number of nitrogens with zero attached hydrogens (tertiary/aromatic N) is 3. The fourth-order valence-electron chi connectivity index (χ4n) is 2.67. The Kier molecular flexibility index (Phi) is 5.58. The first-order valence-corrected chi connectivity index (χ1v) is 9.63. The van der Waals surface area contributed by atoms with Gasteiger partial charge in [0.2, 0.25) is 0 Å². The van der Waals surface area contributed by atoms with Gasteiger partial charge in [0, 0.05) is 33.9 Å². The number of carbonyl (C=O) groups is 1. The molecule has 29 heavy (non-hydrogen) atoms. The molecule has 0 bridgehead atoms. The second-order valence-corrected chi connectivity index (χ2v) is 7.46. The number of carbonyl (C=O) groups excluding carboxylic acids is 1. The summed E-state index contributed by atoms with van der Waals surface area (Å²) in [6.45, 7) is 0.552. The fourth-order valence-corrected chi connectivity index (χ4v) is 3.30. The van der Waals surface area contributed by atoms with Crippen LogP contribution in [0.25, 0.3) is 11.3 Å². The van der Waals surface area contributed by atoms with E-state index in [1.807, 2.05) is 24.3 Å². The second-order valence-electron chi connectivity index (χ2n) is 6.18. The summed E-state index contributed by atoms with van der Waals surface area (Å²) in [5.74, 6) is 0.324. The van der Waals surface area contributed by atoms with Crippen molar-refractivity contribution in [1.82, 2.24) is 14.9 Å². The lowest BCUT2D eigenvalue weighted by Gasteiger charge is -2.02. The molecule has 0 fully saturated rings. The first-order valence-electron chi connectivity index (χ1n) is 8.49. The number of halogens is 3. The highest BCUT2D eigenvalue weighted by Gasteiger charge is 2.16. The van der Waals surface area contributed by atoms with Crippen LogP contribution in [0.4, 0.5) is 5.82 Å². The highest BCUT2D eigenvalue weighted by atomic mass is 35.5. The lowest BCUT2D eigenvalue weighted by Crippen LogP contribution is -2.13. The van der Waals surface area contributed by atoms with Gasteiger partial charge in [-0.05, 0) is 35.9 Å².